The van der Waals surface area contributed by atoms with Crippen LogP contribution in [0.15, 0.2) is 0 Å². The summed E-state index contributed by atoms with van der Waals surface area (Å²) in [7, 11) is 0. The summed E-state index contributed by atoms with van der Waals surface area (Å²) in [6.07, 6.45) is -9.34. The Bertz CT molecular complexity index is 475. The average molecular weight is 421 g/mol. The number of hydrogen-bond acceptors (Lipinski definition) is 1. The fraction of sp³-hybridized carbons (Fsp3) is 1.00. The minimum absolute atomic E-state index is 0.0675. The predicted octanol–water partition coefficient (Wildman–Crippen LogP) is 6.32. The van der Waals surface area contributed by atoms with Crippen molar-refractivity contribution in [3.63, 3.8) is 0 Å². The predicted molar refractivity (Wildman–Crippen MR) is 91.1 cm³/mol. The lowest BCUT2D eigenvalue weighted by atomic mass is 9.72. The molecule has 0 aromatic rings. The van der Waals surface area contributed by atoms with E-state index in [2.05, 4.69) is 0 Å². The second-order valence-electron chi connectivity index (χ2n) is 8.45. The van der Waals surface area contributed by atoms with Gasteiger partial charge < -0.3 is 4.74 Å². The van der Waals surface area contributed by atoms with Crippen LogP contribution in [0.3, 0.4) is 0 Å². The van der Waals surface area contributed by atoms with E-state index in [1.165, 1.54) is 0 Å². The Morgan fingerprint density at radius 2 is 1.22 bits per heavy atom. The van der Waals surface area contributed by atoms with Gasteiger partial charge in [-0.2, -0.15) is 8.78 Å². The summed E-state index contributed by atoms with van der Waals surface area (Å²) in [5, 5.41) is -0.781. The van der Waals surface area contributed by atoms with E-state index in [1.54, 1.807) is 0 Å². The van der Waals surface area contributed by atoms with Gasteiger partial charge in [-0.05, 0) is 69.6 Å². The molecular weight excluding hydrogens is 394 g/mol. The third-order valence-corrected chi connectivity index (χ3v) is 6.93. The Kier molecular flexibility index (Phi) is 6.92. The molecule has 0 N–H and O–H groups in total. The van der Waals surface area contributed by atoms with E-state index in [1.807, 2.05) is 0 Å². The lowest BCUT2D eigenvalue weighted by Crippen LogP contribution is -2.50. The number of halogens is 7. The van der Waals surface area contributed by atoms with Crippen LogP contribution >= 0.6 is 11.6 Å². The van der Waals surface area contributed by atoms with Crippen molar-refractivity contribution in [2.24, 2.45) is 17.8 Å². The van der Waals surface area contributed by atoms with Crippen LogP contribution in [0.1, 0.15) is 57.8 Å². The van der Waals surface area contributed by atoms with Crippen LogP contribution in [-0.2, 0) is 4.74 Å². The van der Waals surface area contributed by atoms with Crippen molar-refractivity contribution in [3.05, 3.63) is 0 Å². The Morgan fingerprint density at radius 1 is 0.667 bits per heavy atom. The van der Waals surface area contributed by atoms with Gasteiger partial charge in [-0.1, -0.05) is 0 Å². The Balaban J connectivity index is 1.51. The molecule has 5 atom stereocenters. The van der Waals surface area contributed by atoms with E-state index < -0.39 is 48.2 Å². The lowest BCUT2D eigenvalue weighted by Gasteiger charge is -2.40. The van der Waals surface area contributed by atoms with E-state index in [0.29, 0.717) is 32.1 Å². The van der Waals surface area contributed by atoms with Gasteiger partial charge in [0.25, 0.3) is 0 Å². The first kappa shape index (κ1) is 21.5. The summed E-state index contributed by atoms with van der Waals surface area (Å²) in [5.41, 5.74) is 0. The standard InChI is InChI=1S/C19H27ClF6O/c20-12-8-16(23)18(17(24)9-12)19(25,26)27-13-4-1-10(2-5-13)11-3-6-14(21)15(22)7-11/h10-18H,1-9H2. The van der Waals surface area contributed by atoms with E-state index >= 15 is 0 Å². The normalized spacial score (nSPS) is 47.0. The number of rotatable bonds is 4. The molecule has 0 amide bonds. The van der Waals surface area contributed by atoms with Gasteiger partial charge in [0.05, 0.1) is 6.10 Å². The van der Waals surface area contributed by atoms with Gasteiger partial charge in [0.15, 0.2) is 0 Å². The quantitative estimate of drug-likeness (QED) is 0.381. The van der Waals surface area contributed by atoms with Crippen molar-refractivity contribution >= 4 is 11.6 Å². The second kappa shape index (κ2) is 8.68. The molecule has 0 aromatic heterocycles. The molecular formula is C19H27ClF6O. The summed E-state index contributed by atoms with van der Waals surface area (Å²) in [6.45, 7) is 0. The summed E-state index contributed by atoms with van der Waals surface area (Å²) >= 11 is 5.71. The highest BCUT2D eigenvalue weighted by atomic mass is 35.5. The van der Waals surface area contributed by atoms with Crippen LogP contribution in [0.2, 0.25) is 0 Å². The van der Waals surface area contributed by atoms with Gasteiger partial charge in [0.2, 0.25) is 0 Å². The fourth-order valence-electron chi connectivity index (χ4n) is 5.04. The molecule has 3 rings (SSSR count). The molecule has 3 aliphatic rings. The maximum Gasteiger partial charge on any atom is 0.364 e. The maximum absolute atomic E-state index is 14.4. The van der Waals surface area contributed by atoms with Crippen LogP contribution < -0.4 is 0 Å². The minimum Gasteiger partial charge on any atom is -0.317 e. The molecule has 5 unspecified atom stereocenters. The highest BCUT2D eigenvalue weighted by Gasteiger charge is 2.55. The number of hydrogen-bond donors (Lipinski definition) is 0. The highest BCUT2D eigenvalue weighted by Crippen LogP contribution is 2.45. The van der Waals surface area contributed by atoms with Crippen molar-refractivity contribution in [3.8, 4) is 0 Å². The Hall–Kier alpha value is -0.170. The molecule has 1 nitrogen and oxygen atoms in total. The molecule has 3 fully saturated rings. The zero-order valence-electron chi connectivity index (χ0n) is 15.1. The molecule has 0 radical (unpaired) electrons. The molecule has 0 spiro atoms. The summed E-state index contributed by atoms with van der Waals surface area (Å²) < 4.78 is 88.7. The molecule has 27 heavy (non-hydrogen) atoms. The molecule has 8 heteroatoms. The third kappa shape index (κ3) is 5.06. The minimum atomic E-state index is -3.89. The van der Waals surface area contributed by atoms with Crippen LogP contribution in [-0.4, -0.2) is 42.3 Å². The first-order chi connectivity index (χ1) is 12.7. The third-order valence-electron chi connectivity index (χ3n) is 6.57. The van der Waals surface area contributed by atoms with Gasteiger partial charge in [-0.3, -0.25) is 0 Å². The molecule has 0 heterocycles. The van der Waals surface area contributed by atoms with Crippen LogP contribution in [0.4, 0.5) is 26.3 Å². The molecule has 0 bridgehead atoms. The topological polar surface area (TPSA) is 9.23 Å². The highest BCUT2D eigenvalue weighted by molar-refractivity contribution is 6.20. The van der Waals surface area contributed by atoms with E-state index in [9.17, 15) is 26.3 Å². The van der Waals surface area contributed by atoms with Crippen LogP contribution in [0.25, 0.3) is 0 Å². The van der Waals surface area contributed by atoms with Gasteiger partial charge in [-0.15, -0.1) is 11.6 Å². The summed E-state index contributed by atoms with van der Waals surface area (Å²) in [5.74, 6) is -1.89. The molecule has 0 aliphatic heterocycles. The second-order valence-corrected chi connectivity index (χ2v) is 9.07. The van der Waals surface area contributed by atoms with E-state index in [-0.39, 0.29) is 37.5 Å². The zero-order valence-corrected chi connectivity index (χ0v) is 15.9. The fourth-order valence-corrected chi connectivity index (χ4v) is 5.38. The Morgan fingerprint density at radius 3 is 1.78 bits per heavy atom. The SMILES string of the molecule is FC1CCC(C2CCC(OC(F)(F)C3C(F)CC(Cl)CC3F)CC2)CC1F. The van der Waals surface area contributed by atoms with E-state index in [0.717, 1.165) is 0 Å². The number of ether oxygens (including phenoxy) is 1. The summed E-state index contributed by atoms with van der Waals surface area (Å²) in [4.78, 5) is 0. The molecule has 0 aromatic carbocycles. The molecule has 158 valence electrons. The van der Waals surface area contributed by atoms with Crippen molar-refractivity contribution < 1.29 is 31.1 Å². The number of alkyl halides is 7. The first-order valence-electron chi connectivity index (χ1n) is 9.93. The molecule has 3 aliphatic carbocycles. The Labute approximate surface area is 161 Å². The van der Waals surface area contributed by atoms with Gasteiger partial charge >= 0.3 is 6.11 Å². The van der Waals surface area contributed by atoms with Crippen LogP contribution in [0, 0.1) is 17.8 Å². The van der Waals surface area contributed by atoms with Gasteiger partial charge in [-0.25, -0.2) is 17.6 Å². The monoisotopic (exact) mass is 420 g/mol. The van der Waals surface area contributed by atoms with Crippen LogP contribution in [0.5, 0.6) is 0 Å². The van der Waals surface area contributed by atoms with Crippen molar-refractivity contribution in [1.82, 2.24) is 0 Å². The first-order valence-corrected chi connectivity index (χ1v) is 10.4. The van der Waals surface area contributed by atoms with Crippen molar-refractivity contribution in [2.75, 3.05) is 0 Å². The van der Waals surface area contributed by atoms with E-state index in [4.69, 9.17) is 16.3 Å². The molecule has 0 saturated heterocycles. The van der Waals surface area contributed by atoms with Gasteiger partial charge in [0.1, 0.15) is 30.6 Å². The van der Waals surface area contributed by atoms with Gasteiger partial charge in [0, 0.05) is 5.38 Å². The maximum atomic E-state index is 14.4. The lowest BCUT2D eigenvalue weighted by molar-refractivity contribution is -0.317. The average Bonchev–Trinajstić information content (AvgIpc) is 2.56. The molecule has 3 saturated carbocycles. The summed E-state index contributed by atoms with van der Waals surface area (Å²) in [6, 6.07) is 0. The van der Waals surface area contributed by atoms with Crippen molar-refractivity contribution in [2.45, 2.75) is 100 Å². The zero-order chi connectivity index (χ0) is 19.8. The largest absolute Gasteiger partial charge is 0.364 e. The smallest absolute Gasteiger partial charge is 0.317 e. The van der Waals surface area contributed by atoms with Crippen molar-refractivity contribution in [1.29, 1.82) is 0 Å².